The molecule has 0 aliphatic carbocycles. The van der Waals surface area contributed by atoms with Gasteiger partial charge in [0.2, 0.25) is 0 Å². The van der Waals surface area contributed by atoms with Crippen LogP contribution in [-0.2, 0) is 14.3 Å². The Balaban J connectivity index is 2.09. The number of carbonyl (C=O) groups excluding carboxylic acids is 2. The zero-order valence-electron chi connectivity index (χ0n) is 14.2. The van der Waals surface area contributed by atoms with Crippen LogP contribution in [0.5, 0.6) is 5.75 Å². The molecular weight excluding hydrogens is 425 g/mol. The third kappa shape index (κ3) is 4.99. The van der Waals surface area contributed by atoms with Crippen molar-refractivity contribution in [3.8, 4) is 5.75 Å². The molecule has 0 N–H and O–H groups in total. The Morgan fingerprint density at radius 1 is 1.21 bits per heavy atom. The maximum atomic E-state index is 12.4. The molecule has 0 bridgehead atoms. The summed E-state index contributed by atoms with van der Waals surface area (Å²) >= 11 is 2.22. The van der Waals surface area contributed by atoms with Crippen LogP contribution in [-0.4, -0.2) is 48.4 Å². The van der Waals surface area contributed by atoms with E-state index in [1.807, 2.05) is 24.3 Å². The zero-order valence-corrected chi connectivity index (χ0v) is 16.4. The first-order chi connectivity index (χ1) is 11.2. The van der Waals surface area contributed by atoms with E-state index in [1.54, 1.807) is 20.8 Å². The second-order valence-electron chi connectivity index (χ2n) is 6.60. The molecule has 0 radical (unpaired) electrons. The number of benzene rings is 1. The molecule has 24 heavy (non-hydrogen) atoms. The summed E-state index contributed by atoms with van der Waals surface area (Å²) in [6.45, 7) is 5.63. The molecule has 1 aromatic carbocycles. The standard InChI is InChI=1S/C17H22INO5/c1-17(2,3)24-16(21)19-10-13(9-14(19)15(20)22-4)23-12-7-5-11(18)6-8-12/h5-8,13-14H,9-10H2,1-4H3/t13-,14+/m1/s1. The molecule has 0 unspecified atom stereocenters. The first-order valence-corrected chi connectivity index (χ1v) is 8.77. The fourth-order valence-corrected chi connectivity index (χ4v) is 2.83. The summed E-state index contributed by atoms with van der Waals surface area (Å²) in [5.41, 5.74) is -0.632. The van der Waals surface area contributed by atoms with Crippen molar-refractivity contribution in [3.63, 3.8) is 0 Å². The molecule has 0 saturated carbocycles. The van der Waals surface area contributed by atoms with E-state index in [-0.39, 0.29) is 12.6 Å². The third-order valence-corrected chi connectivity index (χ3v) is 4.20. The molecule has 2 atom stereocenters. The Morgan fingerprint density at radius 2 is 1.83 bits per heavy atom. The van der Waals surface area contributed by atoms with Gasteiger partial charge in [0.25, 0.3) is 0 Å². The summed E-state index contributed by atoms with van der Waals surface area (Å²) in [6, 6.07) is 6.91. The average molecular weight is 447 g/mol. The van der Waals surface area contributed by atoms with Crippen LogP contribution < -0.4 is 4.74 Å². The lowest BCUT2D eigenvalue weighted by atomic mass is 10.2. The minimum Gasteiger partial charge on any atom is -0.488 e. The van der Waals surface area contributed by atoms with Crippen molar-refractivity contribution in [2.75, 3.05) is 13.7 Å². The highest BCUT2D eigenvalue weighted by atomic mass is 127. The fourth-order valence-electron chi connectivity index (χ4n) is 2.47. The summed E-state index contributed by atoms with van der Waals surface area (Å²) < 4.78 is 17.2. The number of hydrogen-bond donors (Lipinski definition) is 0. The van der Waals surface area contributed by atoms with E-state index in [4.69, 9.17) is 14.2 Å². The highest BCUT2D eigenvalue weighted by molar-refractivity contribution is 14.1. The summed E-state index contributed by atoms with van der Waals surface area (Å²) in [4.78, 5) is 25.8. The quantitative estimate of drug-likeness (QED) is 0.526. The molecule has 0 aromatic heterocycles. The number of ether oxygens (including phenoxy) is 3. The van der Waals surface area contributed by atoms with Crippen LogP contribution in [0.2, 0.25) is 0 Å². The van der Waals surface area contributed by atoms with Crippen LogP contribution >= 0.6 is 22.6 Å². The predicted octanol–water partition coefficient (Wildman–Crippen LogP) is 3.22. The Kier molecular flexibility index (Phi) is 5.95. The Bertz CT molecular complexity index is 596. The lowest BCUT2D eigenvalue weighted by molar-refractivity contribution is -0.145. The van der Waals surface area contributed by atoms with E-state index < -0.39 is 23.7 Å². The molecule has 132 valence electrons. The van der Waals surface area contributed by atoms with Crippen molar-refractivity contribution < 1.29 is 23.8 Å². The number of rotatable bonds is 3. The van der Waals surface area contributed by atoms with Crippen molar-refractivity contribution in [2.45, 2.75) is 44.9 Å². The normalized spacial score (nSPS) is 20.6. The summed E-state index contributed by atoms with van der Waals surface area (Å²) in [6.07, 6.45) is -0.453. The number of hydrogen-bond acceptors (Lipinski definition) is 5. The largest absolute Gasteiger partial charge is 0.488 e. The van der Waals surface area contributed by atoms with Gasteiger partial charge in [0.15, 0.2) is 0 Å². The molecule has 2 rings (SSSR count). The molecule has 1 fully saturated rings. The van der Waals surface area contributed by atoms with Crippen molar-refractivity contribution in [2.24, 2.45) is 0 Å². The van der Waals surface area contributed by atoms with Crippen LogP contribution in [0.4, 0.5) is 4.79 Å². The monoisotopic (exact) mass is 447 g/mol. The first kappa shape index (κ1) is 18.8. The van der Waals surface area contributed by atoms with Crippen LogP contribution in [0.1, 0.15) is 27.2 Å². The van der Waals surface area contributed by atoms with E-state index in [2.05, 4.69) is 22.6 Å². The van der Waals surface area contributed by atoms with Gasteiger partial charge in [0.1, 0.15) is 23.5 Å². The van der Waals surface area contributed by atoms with Crippen LogP contribution in [0.3, 0.4) is 0 Å². The van der Waals surface area contributed by atoms with Crippen LogP contribution in [0.25, 0.3) is 0 Å². The first-order valence-electron chi connectivity index (χ1n) is 7.69. The van der Waals surface area contributed by atoms with Crippen molar-refractivity contribution in [1.29, 1.82) is 0 Å². The van der Waals surface area contributed by atoms with Crippen molar-refractivity contribution in [3.05, 3.63) is 27.8 Å². The van der Waals surface area contributed by atoms with Gasteiger partial charge in [-0.1, -0.05) is 0 Å². The number of amides is 1. The van der Waals surface area contributed by atoms with E-state index in [0.717, 1.165) is 3.57 Å². The van der Waals surface area contributed by atoms with E-state index >= 15 is 0 Å². The van der Waals surface area contributed by atoms with Gasteiger partial charge in [-0.3, -0.25) is 4.90 Å². The lowest BCUT2D eigenvalue weighted by Crippen LogP contribution is -2.44. The lowest BCUT2D eigenvalue weighted by Gasteiger charge is -2.27. The molecule has 7 heteroatoms. The highest BCUT2D eigenvalue weighted by Gasteiger charge is 2.43. The highest BCUT2D eigenvalue weighted by Crippen LogP contribution is 2.26. The number of halogens is 1. The Morgan fingerprint density at radius 3 is 2.38 bits per heavy atom. The fraction of sp³-hybridized carbons (Fsp3) is 0.529. The molecule has 1 aliphatic rings. The Hall–Kier alpha value is -1.51. The zero-order chi connectivity index (χ0) is 17.9. The van der Waals surface area contributed by atoms with Crippen LogP contribution in [0, 0.1) is 3.57 Å². The second kappa shape index (κ2) is 7.58. The summed E-state index contributed by atoms with van der Waals surface area (Å²) in [5.74, 6) is 0.240. The van der Waals surface area contributed by atoms with Gasteiger partial charge < -0.3 is 14.2 Å². The molecular formula is C17H22INO5. The minimum atomic E-state index is -0.696. The molecule has 6 nitrogen and oxygen atoms in total. The van der Waals surface area contributed by atoms with Gasteiger partial charge in [-0.05, 0) is 67.6 Å². The van der Waals surface area contributed by atoms with Gasteiger partial charge in [-0.25, -0.2) is 9.59 Å². The van der Waals surface area contributed by atoms with Crippen molar-refractivity contribution >= 4 is 34.7 Å². The molecule has 1 amide bonds. The van der Waals surface area contributed by atoms with E-state index in [9.17, 15) is 9.59 Å². The molecule has 1 aliphatic heterocycles. The van der Waals surface area contributed by atoms with Crippen molar-refractivity contribution in [1.82, 2.24) is 4.90 Å². The van der Waals surface area contributed by atoms with E-state index in [1.165, 1.54) is 12.0 Å². The number of likely N-dealkylation sites (tertiary alicyclic amines) is 1. The topological polar surface area (TPSA) is 65.1 Å². The Labute approximate surface area is 155 Å². The van der Waals surface area contributed by atoms with Crippen LogP contribution in [0.15, 0.2) is 24.3 Å². The molecule has 1 saturated heterocycles. The number of nitrogens with zero attached hydrogens (tertiary/aromatic N) is 1. The SMILES string of the molecule is COC(=O)[C@@H]1C[C@@H](Oc2ccc(I)cc2)CN1C(=O)OC(C)(C)C. The smallest absolute Gasteiger partial charge is 0.411 e. The number of carbonyl (C=O) groups is 2. The molecule has 1 aromatic rings. The summed E-state index contributed by atoms with van der Waals surface area (Å²) in [5, 5.41) is 0. The third-order valence-electron chi connectivity index (χ3n) is 3.48. The maximum Gasteiger partial charge on any atom is 0.411 e. The minimum absolute atomic E-state index is 0.278. The second-order valence-corrected chi connectivity index (χ2v) is 7.85. The number of methoxy groups -OCH3 is 1. The average Bonchev–Trinajstić information content (AvgIpc) is 2.91. The van der Waals surface area contributed by atoms with Gasteiger partial charge in [0.05, 0.1) is 13.7 Å². The van der Waals surface area contributed by atoms with Gasteiger partial charge >= 0.3 is 12.1 Å². The van der Waals surface area contributed by atoms with Gasteiger partial charge in [-0.15, -0.1) is 0 Å². The molecule has 0 spiro atoms. The van der Waals surface area contributed by atoms with E-state index in [0.29, 0.717) is 12.2 Å². The van der Waals surface area contributed by atoms with Gasteiger partial charge in [-0.2, -0.15) is 0 Å². The predicted molar refractivity (Wildman–Crippen MR) is 96.9 cm³/mol. The van der Waals surface area contributed by atoms with Gasteiger partial charge in [0, 0.05) is 9.99 Å². The summed E-state index contributed by atoms with van der Waals surface area (Å²) in [7, 11) is 1.31. The molecule has 1 heterocycles. The maximum absolute atomic E-state index is 12.4. The number of esters is 1.